The van der Waals surface area contributed by atoms with E-state index < -0.39 is 0 Å². The molecule has 1 saturated carbocycles. The zero-order chi connectivity index (χ0) is 31.3. The van der Waals surface area contributed by atoms with Crippen LogP contribution < -0.4 is 18.9 Å². The summed E-state index contributed by atoms with van der Waals surface area (Å²) in [7, 11) is 3.33. The molecule has 7 nitrogen and oxygen atoms in total. The minimum absolute atomic E-state index is 0.107. The van der Waals surface area contributed by atoms with Crippen molar-refractivity contribution in [3.63, 3.8) is 0 Å². The Labute approximate surface area is 270 Å². The highest BCUT2D eigenvalue weighted by Gasteiger charge is 2.21. The number of benzene rings is 2. The Morgan fingerprint density at radius 3 is 1.47 bits per heavy atom. The van der Waals surface area contributed by atoms with E-state index >= 15 is 0 Å². The van der Waals surface area contributed by atoms with Gasteiger partial charge < -0.3 is 28.7 Å². The molecule has 2 aliphatic heterocycles. The molecule has 0 bridgehead atoms. The van der Waals surface area contributed by atoms with Gasteiger partial charge in [-0.3, -0.25) is 4.79 Å². The van der Waals surface area contributed by atoms with Crippen LogP contribution in [0.3, 0.4) is 0 Å². The van der Waals surface area contributed by atoms with Gasteiger partial charge in [-0.2, -0.15) is 0 Å². The van der Waals surface area contributed by atoms with Gasteiger partial charge in [0, 0.05) is 24.2 Å². The number of hydrogen-bond acceptors (Lipinski definition) is 7. The van der Waals surface area contributed by atoms with E-state index in [9.17, 15) is 4.79 Å². The first-order chi connectivity index (χ1) is 22.1. The van der Waals surface area contributed by atoms with Crippen LogP contribution in [-0.2, 0) is 4.79 Å². The van der Waals surface area contributed by atoms with Crippen molar-refractivity contribution in [2.75, 3.05) is 66.7 Å². The number of allylic oxidation sites excluding steroid dienone is 2. The van der Waals surface area contributed by atoms with Crippen LogP contribution in [0, 0.1) is 0 Å². The molecule has 244 valence electrons. The molecule has 5 rings (SSSR count). The topological polar surface area (TPSA) is 60.5 Å². The van der Waals surface area contributed by atoms with E-state index in [2.05, 4.69) is 9.80 Å². The summed E-state index contributed by atoms with van der Waals surface area (Å²) in [6.07, 6.45) is 16.4. The van der Waals surface area contributed by atoms with Crippen molar-refractivity contribution in [1.82, 2.24) is 9.80 Å². The smallest absolute Gasteiger partial charge is 0.185 e. The van der Waals surface area contributed by atoms with Gasteiger partial charge in [0.05, 0.1) is 27.4 Å². The number of hydrogen-bond donors (Lipinski definition) is 0. The van der Waals surface area contributed by atoms with Gasteiger partial charge in [0.15, 0.2) is 28.8 Å². The summed E-state index contributed by atoms with van der Waals surface area (Å²) in [6.45, 7) is 8.30. The standard InChI is InChI=1S/C38H52N2O5/c1-42-36-28-30(14-16-34(36)44-24-10-22-39-18-5-3-6-19-39)26-32-12-9-13-33(38(32)41)27-31-15-17-35(37(29-31)43-2)45-25-11-23-40-20-7-4-8-21-40/h14-17,26-29H,3-13,18-25H2,1-2H3/b32-26+,33-27+. The van der Waals surface area contributed by atoms with E-state index in [0.717, 1.165) is 79.0 Å². The Bertz CT molecular complexity index is 1210. The van der Waals surface area contributed by atoms with E-state index in [1.54, 1.807) is 14.2 Å². The first-order valence-electron chi connectivity index (χ1n) is 17.1. The maximum Gasteiger partial charge on any atom is 0.185 e. The normalized spacial score (nSPS) is 20.0. The lowest BCUT2D eigenvalue weighted by Crippen LogP contribution is -2.31. The molecule has 0 unspecified atom stereocenters. The summed E-state index contributed by atoms with van der Waals surface area (Å²) >= 11 is 0. The Morgan fingerprint density at radius 2 is 1.04 bits per heavy atom. The van der Waals surface area contributed by atoms with E-state index in [1.165, 1.54) is 64.7 Å². The van der Waals surface area contributed by atoms with E-state index in [-0.39, 0.29) is 5.78 Å². The lowest BCUT2D eigenvalue weighted by Gasteiger charge is -2.26. The molecule has 2 saturated heterocycles. The SMILES string of the molecule is COc1cc(/C=C2\CCC/C(=C\c3ccc(OCCCN4CCCCC4)c(OC)c3)C2=O)ccc1OCCCN1CCCCC1. The molecule has 0 amide bonds. The number of carbonyl (C=O) groups excluding carboxylic acids is 1. The van der Waals surface area contributed by atoms with E-state index in [4.69, 9.17) is 18.9 Å². The predicted octanol–water partition coefficient (Wildman–Crippen LogP) is 7.43. The summed E-state index contributed by atoms with van der Waals surface area (Å²) in [6, 6.07) is 11.9. The Hall–Kier alpha value is -3.29. The summed E-state index contributed by atoms with van der Waals surface area (Å²) in [5.74, 6) is 2.99. The highest BCUT2D eigenvalue weighted by Crippen LogP contribution is 2.34. The second-order valence-electron chi connectivity index (χ2n) is 12.6. The minimum atomic E-state index is 0.107. The van der Waals surface area contributed by atoms with Crippen LogP contribution >= 0.6 is 0 Å². The maximum absolute atomic E-state index is 13.5. The van der Waals surface area contributed by atoms with Gasteiger partial charge in [0.25, 0.3) is 0 Å². The molecule has 1 aliphatic carbocycles. The monoisotopic (exact) mass is 616 g/mol. The number of methoxy groups -OCH3 is 2. The second kappa shape index (κ2) is 17.4. The van der Waals surface area contributed by atoms with E-state index in [0.29, 0.717) is 24.7 Å². The number of carbonyl (C=O) groups is 1. The lowest BCUT2D eigenvalue weighted by molar-refractivity contribution is -0.112. The number of nitrogens with zero attached hydrogens (tertiary/aromatic N) is 2. The molecular formula is C38H52N2O5. The van der Waals surface area contributed by atoms with Crippen LogP contribution in [0.15, 0.2) is 47.5 Å². The average Bonchev–Trinajstić information content (AvgIpc) is 3.08. The molecule has 0 spiro atoms. The van der Waals surface area contributed by atoms with E-state index in [1.807, 2.05) is 48.6 Å². The van der Waals surface area contributed by atoms with Crippen molar-refractivity contribution in [1.29, 1.82) is 0 Å². The fourth-order valence-corrected chi connectivity index (χ4v) is 6.67. The van der Waals surface area contributed by atoms with Gasteiger partial charge in [-0.05, 0) is 132 Å². The minimum Gasteiger partial charge on any atom is -0.493 e. The van der Waals surface area contributed by atoms with Gasteiger partial charge in [0.1, 0.15) is 0 Å². The first-order valence-corrected chi connectivity index (χ1v) is 17.1. The highest BCUT2D eigenvalue weighted by atomic mass is 16.5. The first kappa shape index (κ1) is 33.1. The van der Waals surface area contributed by atoms with Gasteiger partial charge in [-0.25, -0.2) is 0 Å². The molecule has 0 atom stereocenters. The average molecular weight is 617 g/mol. The number of piperidine rings is 2. The number of rotatable bonds is 14. The Kier molecular flexibility index (Phi) is 12.8. The Balaban J connectivity index is 1.17. The molecule has 7 heteroatoms. The summed E-state index contributed by atoms with van der Waals surface area (Å²) < 4.78 is 23.5. The van der Waals surface area contributed by atoms with Crippen LogP contribution in [0.1, 0.15) is 81.8 Å². The van der Waals surface area contributed by atoms with Gasteiger partial charge in [-0.15, -0.1) is 0 Å². The lowest BCUT2D eigenvalue weighted by atomic mass is 9.87. The zero-order valence-corrected chi connectivity index (χ0v) is 27.5. The predicted molar refractivity (Wildman–Crippen MR) is 182 cm³/mol. The number of Topliss-reactive ketones (excluding diaryl/α,β-unsaturated/α-hetero) is 1. The Morgan fingerprint density at radius 1 is 0.600 bits per heavy atom. The summed E-state index contributed by atoms with van der Waals surface area (Å²) in [5, 5.41) is 0. The third kappa shape index (κ3) is 9.85. The van der Waals surface area contributed by atoms with Gasteiger partial charge in [-0.1, -0.05) is 25.0 Å². The van der Waals surface area contributed by atoms with Gasteiger partial charge in [0.2, 0.25) is 0 Å². The fourth-order valence-electron chi connectivity index (χ4n) is 6.67. The van der Waals surface area contributed by atoms with Gasteiger partial charge >= 0.3 is 0 Å². The molecule has 3 fully saturated rings. The van der Waals surface area contributed by atoms with Crippen LogP contribution in [0.25, 0.3) is 12.2 Å². The number of likely N-dealkylation sites (tertiary alicyclic amines) is 2. The zero-order valence-electron chi connectivity index (χ0n) is 27.5. The van der Waals surface area contributed by atoms with Crippen molar-refractivity contribution in [3.05, 3.63) is 58.7 Å². The van der Waals surface area contributed by atoms with Crippen molar-refractivity contribution in [2.24, 2.45) is 0 Å². The molecule has 0 aromatic heterocycles. The van der Waals surface area contributed by atoms with Crippen molar-refractivity contribution in [3.8, 4) is 23.0 Å². The third-order valence-corrected chi connectivity index (χ3v) is 9.18. The molecule has 0 radical (unpaired) electrons. The fraction of sp³-hybridized carbons (Fsp3) is 0.553. The van der Waals surface area contributed by atoms with Crippen molar-refractivity contribution in [2.45, 2.75) is 70.6 Å². The third-order valence-electron chi connectivity index (χ3n) is 9.18. The summed E-state index contributed by atoms with van der Waals surface area (Å²) in [5.41, 5.74) is 3.54. The van der Waals surface area contributed by atoms with Crippen molar-refractivity contribution >= 4 is 17.9 Å². The molecule has 45 heavy (non-hydrogen) atoms. The molecule has 0 N–H and O–H groups in total. The molecular weight excluding hydrogens is 564 g/mol. The quantitative estimate of drug-likeness (QED) is 0.162. The highest BCUT2D eigenvalue weighted by molar-refractivity contribution is 6.14. The summed E-state index contributed by atoms with van der Waals surface area (Å²) in [4.78, 5) is 18.6. The molecule has 3 aliphatic rings. The number of ketones is 1. The molecule has 2 heterocycles. The largest absolute Gasteiger partial charge is 0.493 e. The van der Waals surface area contributed by atoms with Crippen molar-refractivity contribution < 1.29 is 23.7 Å². The van der Waals surface area contributed by atoms with Crippen LogP contribution in [-0.4, -0.2) is 82.3 Å². The maximum atomic E-state index is 13.5. The number of ether oxygens (including phenoxy) is 4. The second-order valence-corrected chi connectivity index (χ2v) is 12.6. The van der Waals surface area contributed by atoms with Crippen LogP contribution in [0.5, 0.6) is 23.0 Å². The van der Waals surface area contributed by atoms with Crippen LogP contribution in [0.4, 0.5) is 0 Å². The molecule has 2 aromatic rings. The molecule has 2 aromatic carbocycles. The van der Waals surface area contributed by atoms with Crippen LogP contribution in [0.2, 0.25) is 0 Å².